The third kappa shape index (κ3) is 4.74. The highest BCUT2D eigenvalue weighted by atomic mass is 16.4. The molecule has 2 aromatic carbocycles. The highest BCUT2D eigenvalue weighted by Gasteiger charge is 2.18. The number of amides is 3. The highest BCUT2D eigenvalue weighted by Crippen LogP contribution is 2.15. The van der Waals surface area contributed by atoms with Crippen LogP contribution < -0.4 is 21.7 Å². The van der Waals surface area contributed by atoms with Gasteiger partial charge in [-0.2, -0.15) is 5.10 Å². The average molecular weight is 514 g/mol. The summed E-state index contributed by atoms with van der Waals surface area (Å²) in [6, 6.07) is 15.0. The molecule has 3 aromatic heterocycles. The Morgan fingerprint density at radius 2 is 1.61 bits per heavy atom. The lowest BCUT2D eigenvalue weighted by atomic mass is 10.1. The molecule has 0 aliphatic heterocycles. The fourth-order valence-corrected chi connectivity index (χ4v) is 3.94. The van der Waals surface area contributed by atoms with E-state index in [2.05, 4.69) is 26.0 Å². The summed E-state index contributed by atoms with van der Waals surface area (Å²) < 4.78 is 7.87. The fraction of sp³-hybridized carbons (Fsp3) is 0.154. The van der Waals surface area contributed by atoms with E-state index in [1.807, 2.05) is 0 Å². The van der Waals surface area contributed by atoms with Crippen LogP contribution in [0.15, 0.2) is 70.0 Å². The van der Waals surface area contributed by atoms with Crippen molar-refractivity contribution in [2.24, 2.45) is 7.05 Å². The minimum atomic E-state index is -0.478. The summed E-state index contributed by atoms with van der Waals surface area (Å²) in [4.78, 5) is 53.7. The number of nitrogens with zero attached hydrogens (tertiary/aromatic N) is 4. The highest BCUT2D eigenvalue weighted by molar-refractivity contribution is 5.98. The minimum absolute atomic E-state index is 0.0508. The number of hydrogen-bond donors (Lipinski definition) is 3. The zero-order valence-corrected chi connectivity index (χ0v) is 20.5. The van der Waals surface area contributed by atoms with Crippen molar-refractivity contribution in [1.82, 2.24) is 35.1 Å². The van der Waals surface area contributed by atoms with Crippen LogP contribution in [0, 0.1) is 0 Å². The zero-order valence-electron chi connectivity index (χ0n) is 20.5. The van der Waals surface area contributed by atoms with Crippen molar-refractivity contribution in [3.63, 3.8) is 0 Å². The molecule has 5 rings (SSSR count). The normalized spacial score (nSPS) is 11.0. The van der Waals surface area contributed by atoms with Crippen LogP contribution in [0.2, 0.25) is 0 Å². The molecule has 0 spiro atoms. The molecule has 0 aliphatic rings. The van der Waals surface area contributed by atoms with Gasteiger partial charge in [-0.1, -0.05) is 18.2 Å². The molecule has 3 heterocycles. The zero-order chi connectivity index (χ0) is 26.8. The molecule has 0 radical (unpaired) electrons. The second-order valence-electron chi connectivity index (χ2n) is 8.50. The van der Waals surface area contributed by atoms with Gasteiger partial charge in [-0.25, -0.2) is 14.3 Å². The summed E-state index contributed by atoms with van der Waals surface area (Å²) in [5.74, 6) is -1.59. The minimum Gasteiger partial charge on any atom is -0.408 e. The molecule has 0 fully saturated rings. The Bertz CT molecular complexity index is 1750. The number of oxazole rings is 1. The van der Waals surface area contributed by atoms with E-state index in [9.17, 15) is 19.2 Å². The van der Waals surface area contributed by atoms with Crippen LogP contribution in [0.25, 0.3) is 16.7 Å². The molecule has 192 valence electrons. The number of rotatable bonds is 7. The number of benzene rings is 2. The van der Waals surface area contributed by atoms with Crippen molar-refractivity contribution in [2.45, 2.75) is 13.1 Å². The molecular formula is C26H23N7O5. The molecule has 3 N–H and O–H groups in total. The number of carbonyl (C=O) groups is 3. The molecule has 3 amide bonds. The maximum Gasteiger partial charge on any atom is 0.419 e. The number of nitrogens with one attached hydrogen (secondary N) is 3. The van der Waals surface area contributed by atoms with Crippen LogP contribution in [0.1, 0.15) is 42.5 Å². The van der Waals surface area contributed by atoms with Crippen molar-refractivity contribution >= 4 is 34.5 Å². The van der Waals surface area contributed by atoms with Crippen LogP contribution in [0.5, 0.6) is 0 Å². The lowest BCUT2D eigenvalue weighted by Crippen LogP contribution is -2.28. The van der Waals surface area contributed by atoms with E-state index in [-0.39, 0.29) is 30.4 Å². The van der Waals surface area contributed by atoms with E-state index in [1.165, 1.54) is 21.3 Å². The Kier molecular flexibility index (Phi) is 6.44. The second-order valence-corrected chi connectivity index (χ2v) is 8.50. The Morgan fingerprint density at radius 1 is 0.895 bits per heavy atom. The second kappa shape index (κ2) is 10.0. The maximum atomic E-state index is 13.0. The van der Waals surface area contributed by atoms with Gasteiger partial charge in [0, 0.05) is 44.9 Å². The van der Waals surface area contributed by atoms with Gasteiger partial charge in [-0.3, -0.25) is 19.0 Å². The molecule has 0 unspecified atom stereocenters. The molecule has 12 nitrogen and oxygen atoms in total. The maximum absolute atomic E-state index is 13.0. The smallest absolute Gasteiger partial charge is 0.408 e. The topological polar surface area (TPSA) is 153 Å². The van der Waals surface area contributed by atoms with E-state index in [0.717, 1.165) is 11.1 Å². The predicted molar refractivity (Wildman–Crippen MR) is 137 cm³/mol. The number of aryl methyl sites for hydroxylation is 1. The monoisotopic (exact) mass is 513 g/mol. The van der Waals surface area contributed by atoms with Crippen LogP contribution in [0.4, 0.5) is 0 Å². The van der Waals surface area contributed by atoms with Crippen LogP contribution in [0.3, 0.4) is 0 Å². The lowest BCUT2D eigenvalue weighted by molar-refractivity contribution is 0.0937. The van der Waals surface area contributed by atoms with E-state index in [1.54, 1.807) is 62.6 Å². The number of carbonyl (C=O) groups excluding carboxylic acids is 3. The van der Waals surface area contributed by atoms with Crippen LogP contribution in [-0.2, 0) is 20.1 Å². The van der Waals surface area contributed by atoms with E-state index in [4.69, 9.17) is 4.42 Å². The van der Waals surface area contributed by atoms with Gasteiger partial charge in [0.1, 0.15) is 11.4 Å². The van der Waals surface area contributed by atoms with Crippen molar-refractivity contribution in [2.75, 3.05) is 7.05 Å². The van der Waals surface area contributed by atoms with Crippen molar-refractivity contribution in [3.8, 4) is 0 Å². The van der Waals surface area contributed by atoms with Gasteiger partial charge in [-0.15, -0.1) is 0 Å². The van der Waals surface area contributed by atoms with Crippen molar-refractivity contribution < 1.29 is 18.8 Å². The standard InChI is InChI=1S/C26H23N7O5/c1-27-23(34)17-6-3-15(4-7-17)13-29-25(36)20-12-18(31-22-9-10-30-33(20)22)24(35)28-14-16-5-8-21-19(11-16)32(2)26(37)38-21/h3-12H,13-14H2,1-2H3,(H,27,34)(H,28,35)(H,29,36). The average Bonchev–Trinajstić information content (AvgIpc) is 3.53. The Morgan fingerprint density at radius 3 is 2.37 bits per heavy atom. The van der Waals surface area contributed by atoms with Gasteiger partial charge in [0.05, 0.1) is 11.7 Å². The molecule has 0 atom stereocenters. The Balaban J connectivity index is 1.30. The molecule has 12 heteroatoms. The Labute approximate surface area is 215 Å². The molecule has 38 heavy (non-hydrogen) atoms. The van der Waals surface area contributed by atoms with E-state index < -0.39 is 17.6 Å². The summed E-state index contributed by atoms with van der Waals surface area (Å²) in [7, 11) is 3.16. The van der Waals surface area contributed by atoms with E-state index in [0.29, 0.717) is 22.3 Å². The van der Waals surface area contributed by atoms with Crippen LogP contribution >= 0.6 is 0 Å². The third-order valence-electron chi connectivity index (χ3n) is 6.03. The first-order valence-electron chi connectivity index (χ1n) is 11.6. The largest absolute Gasteiger partial charge is 0.419 e. The number of aromatic nitrogens is 4. The van der Waals surface area contributed by atoms with Gasteiger partial charge >= 0.3 is 5.76 Å². The summed E-state index contributed by atoms with van der Waals surface area (Å²) in [6.07, 6.45) is 1.49. The SMILES string of the molecule is CNC(=O)c1ccc(CNC(=O)c2cc(C(=O)NCc3ccc4oc(=O)n(C)c4c3)nc3ccnn23)cc1. The summed E-state index contributed by atoms with van der Waals surface area (Å²) in [5.41, 5.74) is 3.67. The predicted octanol–water partition coefficient (Wildman–Crippen LogP) is 1.39. The fourth-order valence-electron chi connectivity index (χ4n) is 3.94. The van der Waals surface area contributed by atoms with Gasteiger partial charge in [0.2, 0.25) is 0 Å². The van der Waals surface area contributed by atoms with E-state index >= 15 is 0 Å². The first kappa shape index (κ1) is 24.4. The van der Waals surface area contributed by atoms with Gasteiger partial charge in [0.15, 0.2) is 11.2 Å². The molecule has 0 saturated heterocycles. The summed E-state index contributed by atoms with van der Waals surface area (Å²) in [6.45, 7) is 0.381. The summed E-state index contributed by atoms with van der Waals surface area (Å²) in [5, 5.41) is 12.3. The number of hydrogen-bond acceptors (Lipinski definition) is 7. The molecule has 0 saturated carbocycles. The quantitative estimate of drug-likeness (QED) is 0.297. The van der Waals surface area contributed by atoms with Crippen molar-refractivity contribution in [3.05, 3.63) is 99.4 Å². The molecule has 0 aliphatic carbocycles. The first-order valence-corrected chi connectivity index (χ1v) is 11.6. The van der Waals surface area contributed by atoms with Gasteiger partial charge < -0.3 is 20.4 Å². The third-order valence-corrected chi connectivity index (χ3v) is 6.03. The van der Waals surface area contributed by atoms with Gasteiger partial charge in [-0.05, 0) is 35.4 Å². The summed E-state index contributed by atoms with van der Waals surface area (Å²) >= 11 is 0. The lowest BCUT2D eigenvalue weighted by Gasteiger charge is -2.10. The van der Waals surface area contributed by atoms with Crippen molar-refractivity contribution in [1.29, 1.82) is 0 Å². The first-order chi connectivity index (χ1) is 18.3. The van der Waals surface area contributed by atoms with Crippen LogP contribution in [-0.4, -0.2) is 43.9 Å². The molecular weight excluding hydrogens is 490 g/mol. The molecule has 0 bridgehead atoms. The van der Waals surface area contributed by atoms with Gasteiger partial charge in [0.25, 0.3) is 17.7 Å². The Hall–Kier alpha value is -5.26. The molecule has 5 aromatic rings. The number of fused-ring (bicyclic) bond motifs is 2.